The number of nitrogens with one attached hydrogen (secondary N) is 1. The van der Waals surface area contributed by atoms with Crippen LogP contribution in [0.5, 0.6) is 0 Å². The SMILES string of the molecule is C[C@@H](OC(=O)[C@@H]1CC(=O)N(CCc2ccccc2)C1)C(=O)Nc1ccc(Cl)cc1. The Bertz CT molecular complexity index is 870. The highest BCUT2D eigenvalue weighted by Crippen LogP contribution is 2.21. The van der Waals surface area contributed by atoms with Crippen LogP contribution in [-0.2, 0) is 25.5 Å². The quantitative estimate of drug-likeness (QED) is 0.705. The zero-order valence-electron chi connectivity index (χ0n) is 16.1. The lowest BCUT2D eigenvalue weighted by Gasteiger charge is -2.18. The van der Waals surface area contributed by atoms with Crippen LogP contribution in [0.4, 0.5) is 5.69 Å². The van der Waals surface area contributed by atoms with Crippen LogP contribution in [-0.4, -0.2) is 41.9 Å². The first-order valence-corrected chi connectivity index (χ1v) is 9.89. The van der Waals surface area contributed by atoms with Crippen molar-refractivity contribution in [2.75, 3.05) is 18.4 Å². The number of carbonyl (C=O) groups is 3. The van der Waals surface area contributed by atoms with E-state index in [4.69, 9.17) is 16.3 Å². The Kier molecular flexibility index (Phi) is 6.88. The lowest BCUT2D eigenvalue weighted by atomic mass is 10.1. The fourth-order valence-electron chi connectivity index (χ4n) is 3.16. The Morgan fingerprint density at radius 1 is 1.17 bits per heavy atom. The molecule has 1 N–H and O–H groups in total. The third kappa shape index (κ3) is 5.81. The number of carbonyl (C=O) groups excluding carboxylic acids is 3. The molecule has 0 bridgehead atoms. The predicted octanol–water partition coefficient (Wildman–Crippen LogP) is 3.30. The topological polar surface area (TPSA) is 75.7 Å². The van der Waals surface area contributed by atoms with Gasteiger partial charge in [0.1, 0.15) is 0 Å². The average Bonchev–Trinajstić information content (AvgIpc) is 3.09. The van der Waals surface area contributed by atoms with E-state index in [1.165, 1.54) is 6.92 Å². The number of ether oxygens (including phenoxy) is 1. The second-order valence-corrected chi connectivity index (χ2v) is 7.49. The van der Waals surface area contributed by atoms with Crippen molar-refractivity contribution in [1.82, 2.24) is 4.90 Å². The van der Waals surface area contributed by atoms with E-state index >= 15 is 0 Å². The lowest BCUT2D eigenvalue weighted by Crippen LogP contribution is -2.33. The van der Waals surface area contributed by atoms with Crippen LogP contribution in [0.25, 0.3) is 0 Å². The maximum Gasteiger partial charge on any atom is 0.312 e. The van der Waals surface area contributed by atoms with Gasteiger partial charge >= 0.3 is 5.97 Å². The van der Waals surface area contributed by atoms with Crippen molar-refractivity contribution in [3.63, 3.8) is 0 Å². The number of esters is 1. The molecule has 6 nitrogen and oxygen atoms in total. The van der Waals surface area contributed by atoms with E-state index in [0.717, 1.165) is 12.0 Å². The minimum atomic E-state index is -0.966. The van der Waals surface area contributed by atoms with Gasteiger partial charge in [-0.25, -0.2) is 0 Å². The zero-order chi connectivity index (χ0) is 20.8. The minimum Gasteiger partial charge on any atom is -0.452 e. The maximum absolute atomic E-state index is 12.4. The van der Waals surface area contributed by atoms with E-state index in [0.29, 0.717) is 23.8 Å². The van der Waals surface area contributed by atoms with Crippen molar-refractivity contribution in [3.05, 3.63) is 65.2 Å². The van der Waals surface area contributed by atoms with Crippen molar-refractivity contribution in [1.29, 1.82) is 0 Å². The standard InChI is InChI=1S/C22H23ClN2O4/c1-15(21(27)24-19-9-7-18(23)8-10-19)29-22(28)17-13-20(26)25(14-17)12-11-16-5-3-2-4-6-16/h2-10,15,17H,11-14H2,1H3,(H,24,27)/t15-,17-/m1/s1. The number of benzene rings is 2. The summed E-state index contributed by atoms with van der Waals surface area (Å²) >= 11 is 5.82. The normalized spacial score (nSPS) is 17.1. The monoisotopic (exact) mass is 414 g/mol. The Labute approximate surface area is 174 Å². The highest BCUT2D eigenvalue weighted by atomic mass is 35.5. The second kappa shape index (κ2) is 9.56. The van der Waals surface area contributed by atoms with E-state index in [1.54, 1.807) is 29.2 Å². The number of hydrogen-bond donors (Lipinski definition) is 1. The Morgan fingerprint density at radius 3 is 2.55 bits per heavy atom. The summed E-state index contributed by atoms with van der Waals surface area (Å²) in [5.41, 5.74) is 1.70. The molecule has 1 aliphatic heterocycles. The summed E-state index contributed by atoms with van der Waals surface area (Å²) in [7, 11) is 0. The summed E-state index contributed by atoms with van der Waals surface area (Å²) in [4.78, 5) is 38.6. The molecule has 0 spiro atoms. The van der Waals surface area contributed by atoms with E-state index < -0.39 is 23.9 Å². The Morgan fingerprint density at radius 2 is 1.86 bits per heavy atom. The molecule has 0 radical (unpaired) electrons. The van der Waals surface area contributed by atoms with Crippen LogP contribution in [0, 0.1) is 5.92 Å². The largest absolute Gasteiger partial charge is 0.452 e. The Balaban J connectivity index is 1.47. The fourth-order valence-corrected chi connectivity index (χ4v) is 3.28. The first-order valence-electron chi connectivity index (χ1n) is 9.51. The van der Waals surface area contributed by atoms with Gasteiger partial charge in [0.15, 0.2) is 6.10 Å². The number of nitrogens with zero attached hydrogens (tertiary/aromatic N) is 1. The zero-order valence-corrected chi connectivity index (χ0v) is 16.9. The molecule has 0 saturated carbocycles. The number of rotatable bonds is 7. The smallest absolute Gasteiger partial charge is 0.312 e. The maximum atomic E-state index is 12.4. The van der Waals surface area contributed by atoms with Crippen LogP contribution >= 0.6 is 11.6 Å². The molecule has 0 unspecified atom stereocenters. The van der Waals surface area contributed by atoms with E-state index in [-0.39, 0.29) is 12.3 Å². The van der Waals surface area contributed by atoms with Crippen LogP contribution in [0.3, 0.4) is 0 Å². The van der Waals surface area contributed by atoms with Gasteiger partial charge in [-0.3, -0.25) is 14.4 Å². The fraction of sp³-hybridized carbons (Fsp3) is 0.318. The van der Waals surface area contributed by atoms with Crippen molar-refractivity contribution in [2.24, 2.45) is 5.92 Å². The summed E-state index contributed by atoms with van der Waals surface area (Å²) in [5.74, 6) is -1.59. The molecule has 2 atom stereocenters. The van der Waals surface area contributed by atoms with Gasteiger partial charge in [-0.1, -0.05) is 41.9 Å². The number of halogens is 1. The van der Waals surface area contributed by atoms with Crippen molar-refractivity contribution in [3.8, 4) is 0 Å². The van der Waals surface area contributed by atoms with Gasteiger partial charge in [-0.15, -0.1) is 0 Å². The molecule has 2 aromatic carbocycles. The number of hydrogen-bond acceptors (Lipinski definition) is 4. The molecule has 1 fully saturated rings. The van der Waals surface area contributed by atoms with Crippen LogP contribution in [0.15, 0.2) is 54.6 Å². The summed E-state index contributed by atoms with van der Waals surface area (Å²) in [6.07, 6.45) is -0.125. The third-order valence-corrected chi connectivity index (χ3v) is 5.09. The molecule has 0 aliphatic carbocycles. The second-order valence-electron chi connectivity index (χ2n) is 7.05. The number of likely N-dealkylation sites (tertiary alicyclic amines) is 1. The third-order valence-electron chi connectivity index (χ3n) is 4.83. The molecule has 2 aromatic rings. The first-order chi connectivity index (χ1) is 13.9. The average molecular weight is 415 g/mol. The summed E-state index contributed by atoms with van der Waals surface area (Å²) in [6.45, 7) is 2.38. The van der Waals surface area contributed by atoms with Gasteiger partial charge in [0.2, 0.25) is 5.91 Å². The van der Waals surface area contributed by atoms with Gasteiger partial charge in [-0.05, 0) is 43.2 Å². The minimum absolute atomic E-state index is 0.0684. The van der Waals surface area contributed by atoms with Crippen LogP contribution in [0.1, 0.15) is 18.9 Å². The van der Waals surface area contributed by atoms with Crippen LogP contribution in [0.2, 0.25) is 5.02 Å². The van der Waals surface area contributed by atoms with E-state index in [2.05, 4.69) is 5.32 Å². The molecule has 152 valence electrons. The van der Waals surface area contributed by atoms with Crippen molar-refractivity contribution >= 4 is 35.1 Å². The highest BCUT2D eigenvalue weighted by molar-refractivity contribution is 6.30. The van der Waals surface area contributed by atoms with Gasteiger partial charge < -0.3 is 15.0 Å². The van der Waals surface area contributed by atoms with Crippen LogP contribution < -0.4 is 5.32 Å². The molecule has 29 heavy (non-hydrogen) atoms. The first kappa shape index (κ1) is 20.9. The molecule has 1 saturated heterocycles. The number of amides is 2. The molecule has 1 aliphatic rings. The molecule has 2 amide bonds. The van der Waals surface area contributed by atoms with Gasteiger partial charge in [0.25, 0.3) is 5.91 Å². The van der Waals surface area contributed by atoms with Gasteiger partial charge in [-0.2, -0.15) is 0 Å². The van der Waals surface area contributed by atoms with Gasteiger partial charge in [0.05, 0.1) is 5.92 Å². The summed E-state index contributed by atoms with van der Waals surface area (Å²) < 4.78 is 5.30. The van der Waals surface area contributed by atoms with Crippen molar-refractivity contribution < 1.29 is 19.1 Å². The molecular formula is C22H23ClN2O4. The van der Waals surface area contributed by atoms with Crippen molar-refractivity contribution in [2.45, 2.75) is 25.9 Å². The van der Waals surface area contributed by atoms with E-state index in [1.807, 2.05) is 30.3 Å². The molecule has 1 heterocycles. The molecule has 0 aromatic heterocycles. The molecule has 3 rings (SSSR count). The predicted molar refractivity (Wildman–Crippen MR) is 110 cm³/mol. The summed E-state index contributed by atoms with van der Waals surface area (Å²) in [6, 6.07) is 16.5. The molecule has 7 heteroatoms. The highest BCUT2D eigenvalue weighted by Gasteiger charge is 2.36. The van der Waals surface area contributed by atoms with E-state index in [9.17, 15) is 14.4 Å². The Hall–Kier alpha value is -2.86. The summed E-state index contributed by atoms with van der Waals surface area (Å²) in [5, 5.41) is 3.23. The lowest BCUT2D eigenvalue weighted by molar-refractivity contribution is -0.157. The van der Waals surface area contributed by atoms with Gasteiger partial charge in [0, 0.05) is 30.2 Å². The number of anilines is 1. The molecular weight excluding hydrogens is 392 g/mol.